The molecule has 0 aliphatic heterocycles. The van der Waals surface area contributed by atoms with Gasteiger partial charge in [-0.15, -0.1) is 0 Å². The Kier molecular flexibility index (Phi) is 21.8. The van der Waals surface area contributed by atoms with Crippen molar-refractivity contribution in [2.45, 2.75) is 59.5 Å². The van der Waals surface area contributed by atoms with Crippen molar-refractivity contribution in [3.05, 3.63) is 170 Å². The van der Waals surface area contributed by atoms with Gasteiger partial charge in [0.15, 0.2) is 0 Å². The van der Waals surface area contributed by atoms with Crippen molar-refractivity contribution >= 4 is 78.0 Å². The highest BCUT2D eigenvalue weighted by molar-refractivity contribution is 8.01. The summed E-state index contributed by atoms with van der Waals surface area (Å²) in [5.74, 6) is 5.00. The van der Waals surface area contributed by atoms with E-state index in [9.17, 15) is 4.32 Å². The number of ether oxygens (including phenoxy) is 6. The summed E-state index contributed by atoms with van der Waals surface area (Å²) in [6.45, 7) is 0. The maximum atomic E-state index is 9.89. The summed E-state index contributed by atoms with van der Waals surface area (Å²) in [7, 11) is 6.85. The van der Waals surface area contributed by atoms with Gasteiger partial charge in [0.25, 0.3) is 0 Å². The molecule has 6 aromatic carbocycles. The maximum Gasteiger partial charge on any atom is 0.394 e. The minimum Gasteiger partial charge on any atom is -0.867 e. The van der Waals surface area contributed by atoms with Gasteiger partial charge in [0.2, 0.25) is 0 Å². The molecule has 8 rings (SSSR count). The van der Waals surface area contributed by atoms with Gasteiger partial charge in [-0.3, -0.25) is 0 Å². The van der Waals surface area contributed by atoms with Crippen molar-refractivity contribution in [3.8, 4) is 34.5 Å². The molecule has 0 radical (unpaired) electrons. The number of halogens is 1. The van der Waals surface area contributed by atoms with Gasteiger partial charge in [0, 0.05) is 86.2 Å². The first kappa shape index (κ1) is 53.8. The van der Waals surface area contributed by atoms with Gasteiger partial charge in [-0.1, -0.05) is 23.5 Å². The zero-order valence-electron chi connectivity index (χ0n) is 38.7. The average Bonchev–Trinajstić information content (AvgIpc) is 3.37. The van der Waals surface area contributed by atoms with E-state index in [0.29, 0.717) is 0 Å². The molecule has 2 aromatic heterocycles. The van der Waals surface area contributed by atoms with Crippen LogP contribution in [0.1, 0.15) is 0 Å². The number of benzene rings is 6. The van der Waals surface area contributed by atoms with E-state index >= 15 is 0 Å². The third kappa shape index (κ3) is 18.0. The molecular formula is C52H46BFO10S6. The van der Waals surface area contributed by atoms with Gasteiger partial charge in [-0.05, 0) is 146 Å². The second kappa shape index (κ2) is 28.3. The Morgan fingerprint density at radius 2 is 0.457 bits per heavy atom. The summed E-state index contributed by atoms with van der Waals surface area (Å²) in [6.07, 6.45) is 0. The molecule has 0 aliphatic rings. The molecular weight excluding hydrogens is 1010 g/mol. The van der Waals surface area contributed by atoms with Crippen molar-refractivity contribution in [2.24, 2.45) is 0 Å². The van der Waals surface area contributed by atoms with Gasteiger partial charge in [-0.2, -0.15) is 8.83 Å². The van der Waals surface area contributed by atoms with Gasteiger partial charge in [0.1, 0.15) is 41.9 Å². The predicted octanol–water partition coefficient (Wildman–Crippen LogP) is 13.7. The van der Waals surface area contributed by atoms with E-state index in [-0.39, 0.29) is 0 Å². The molecule has 0 N–H and O–H groups in total. The quantitative estimate of drug-likeness (QED) is 0.0597. The second-order valence-corrected chi connectivity index (χ2v) is 20.4. The summed E-state index contributed by atoms with van der Waals surface area (Å²) in [4.78, 5) is 8.75. The van der Waals surface area contributed by atoms with E-state index < -0.39 is 7.40 Å². The molecule has 0 unspecified atom stereocenters. The number of hydrogen-bond acceptors (Lipinski definition) is 14. The van der Waals surface area contributed by atoms with E-state index in [1.807, 2.05) is 121 Å². The third-order valence-corrected chi connectivity index (χ3v) is 14.7. The molecule has 0 fully saturated rings. The Balaban J connectivity index is 0.000000213. The van der Waals surface area contributed by atoms with Gasteiger partial charge >= 0.3 is 20.4 Å². The van der Waals surface area contributed by atoms with Crippen molar-refractivity contribution in [3.63, 3.8) is 0 Å². The third-order valence-electron chi connectivity index (χ3n) is 9.14. The summed E-state index contributed by atoms with van der Waals surface area (Å²) >= 11 is 9.69. The fourth-order valence-electron chi connectivity index (χ4n) is 5.78. The lowest BCUT2D eigenvalue weighted by Crippen LogP contribution is -2.39. The lowest BCUT2D eigenvalue weighted by Gasteiger charge is -2.09. The number of methoxy groups -OCH3 is 6. The molecule has 8 aromatic rings. The molecule has 0 spiro atoms. The van der Waals surface area contributed by atoms with Crippen LogP contribution in [0.4, 0.5) is 4.32 Å². The minimum absolute atomic E-state index is 0.815. The van der Waals surface area contributed by atoms with Crippen LogP contribution in [0.2, 0.25) is 0 Å². The molecule has 18 heteroatoms. The highest BCUT2D eigenvalue weighted by atomic mass is 32.2. The fraction of sp³-hybridized carbons (Fsp3) is 0.115. The van der Waals surface area contributed by atoms with E-state index in [1.54, 1.807) is 113 Å². The standard InChI is InChI=1S/2C26H23O4S3.BFO2/c2*1-27-18-4-10-21(11-5-18)31-24-16-25(32-22-12-6-19(28-2)7-13-22)30-26(17-24)33-23-14-8-20(29-3)9-15-23;2-1(3)4/h2*4-17H,1-3H3;/q2*+1;-2. The van der Waals surface area contributed by atoms with Crippen LogP contribution < -0.4 is 38.5 Å². The SMILES string of the molecule is COc1ccc(Sc2cc(Sc3ccc(OC)cc3)[o+]c(Sc3ccc(OC)cc3)c2)cc1.COc1ccc(Sc2cc(Sc3ccc(OC)cc3)[o+]c(Sc3ccc(OC)cc3)c2)cc1.[O-]B([O-])F. The van der Waals surface area contributed by atoms with E-state index in [2.05, 4.69) is 48.5 Å². The Morgan fingerprint density at radius 1 is 0.300 bits per heavy atom. The van der Waals surface area contributed by atoms with Gasteiger partial charge in [-0.25, -0.2) is 0 Å². The summed E-state index contributed by atoms with van der Waals surface area (Å²) in [5.41, 5.74) is 0. The fourth-order valence-corrected chi connectivity index (χ4v) is 11.2. The Hall–Kier alpha value is -5.57. The molecule has 0 amide bonds. The lowest BCUT2D eigenvalue weighted by molar-refractivity contribution is -0.366. The van der Waals surface area contributed by atoms with E-state index in [4.69, 9.17) is 47.3 Å². The molecule has 2 heterocycles. The molecule has 70 heavy (non-hydrogen) atoms. The zero-order valence-corrected chi connectivity index (χ0v) is 43.6. The number of rotatable bonds is 18. The molecule has 0 saturated carbocycles. The molecule has 0 bridgehead atoms. The molecule has 10 nitrogen and oxygen atoms in total. The average molecular weight is 1050 g/mol. The normalized spacial score (nSPS) is 10.4. The van der Waals surface area contributed by atoms with Crippen LogP contribution in [0, 0.1) is 0 Å². The summed E-state index contributed by atoms with van der Waals surface area (Å²) < 4.78 is 54.0. The van der Waals surface area contributed by atoms with Crippen LogP contribution >= 0.6 is 70.6 Å². The Morgan fingerprint density at radius 3 is 0.614 bits per heavy atom. The largest absolute Gasteiger partial charge is 0.867 e. The zero-order chi connectivity index (χ0) is 49.7. The van der Waals surface area contributed by atoms with Crippen LogP contribution in [0.25, 0.3) is 0 Å². The van der Waals surface area contributed by atoms with Crippen molar-refractivity contribution in [2.75, 3.05) is 42.7 Å². The molecule has 0 aliphatic carbocycles. The van der Waals surface area contributed by atoms with E-state index in [0.717, 1.165) is 94.0 Å². The van der Waals surface area contributed by atoms with Crippen LogP contribution in [0.15, 0.2) is 238 Å². The predicted molar refractivity (Wildman–Crippen MR) is 276 cm³/mol. The summed E-state index contributed by atoms with van der Waals surface area (Å²) in [5, 5.41) is 19.9. The van der Waals surface area contributed by atoms with Crippen molar-refractivity contribution in [1.29, 1.82) is 0 Å². The first-order chi connectivity index (χ1) is 34.0. The molecule has 360 valence electrons. The Bertz CT molecular complexity index is 2290. The smallest absolute Gasteiger partial charge is 0.394 e. The summed E-state index contributed by atoms with van der Waals surface area (Å²) in [6, 6.07) is 56.2. The van der Waals surface area contributed by atoms with Crippen LogP contribution in [-0.4, -0.2) is 50.1 Å². The van der Waals surface area contributed by atoms with Crippen LogP contribution in [-0.2, 0) is 0 Å². The topological polar surface area (TPSA) is 124 Å². The highest BCUT2D eigenvalue weighted by Crippen LogP contribution is 2.42. The maximum absolute atomic E-state index is 9.89. The second-order valence-electron chi connectivity index (χ2n) is 13.8. The minimum atomic E-state index is -3.17. The molecule has 0 atom stereocenters. The monoisotopic (exact) mass is 1050 g/mol. The van der Waals surface area contributed by atoms with Gasteiger partial charge in [0.05, 0.1) is 66.9 Å². The first-order valence-corrected chi connectivity index (χ1v) is 25.8. The Labute approximate surface area is 433 Å². The van der Waals surface area contributed by atoms with Gasteiger partial charge < -0.3 is 42.8 Å². The van der Waals surface area contributed by atoms with Crippen molar-refractivity contribution in [1.82, 2.24) is 0 Å². The molecule has 0 saturated heterocycles. The van der Waals surface area contributed by atoms with Crippen molar-refractivity contribution < 1.29 is 51.6 Å². The highest BCUT2D eigenvalue weighted by Gasteiger charge is 2.22. The van der Waals surface area contributed by atoms with Crippen LogP contribution in [0.3, 0.4) is 0 Å². The number of hydrogen-bond donors (Lipinski definition) is 0. The first-order valence-electron chi connectivity index (χ1n) is 20.9. The van der Waals surface area contributed by atoms with E-state index in [1.165, 1.54) is 0 Å². The lowest BCUT2D eigenvalue weighted by atomic mass is 10.3. The van der Waals surface area contributed by atoms with Crippen LogP contribution in [0.5, 0.6) is 34.5 Å².